The van der Waals surface area contributed by atoms with Gasteiger partial charge in [-0.1, -0.05) is 0 Å². The summed E-state index contributed by atoms with van der Waals surface area (Å²) < 4.78 is 43.3. The van der Waals surface area contributed by atoms with Crippen molar-refractivity contribution in [2.45, 2.75) is 25.4 Å². The lowest BCUT2D eigenvalue weighted by Crippen LogP contribution is -2.45. The van der Waals surface area contributed by atoms with E-state index in [-0.39, 0.29) is 32.0 Å². The van der Waals surface area contributed by atoms with Crippen LogP contribution >= 0.6 is 0 Å². The standard InChI is InChI=1S/C17H23F3N2O3/c1-25-14-5-6-15-13(10-14)4-2-8-22(15)16(24)11-21(7-3-9-23)12-17(18,19)20/h5-6,10,23H,2-4,7-9,11-12H2,1H3. The highest BCUT2D eigenvalue weighted by Gasteiger charge is 2.32. The van der Waals surface area contributed by atoms with Crippen molar-refractivity contribution in [3.05, 3.63) is 23.8 Å². The molecule has 1 aliphatic heterocycles. The second-order valence-electron chi connectivity index (χ2n) is 6.05. The number of carbonyl (C=O) groups excluding carboxylic acids is 1. The van der Waals surface area contributed by atoms with Crippen LogP contribution in [-0.4, -0.2) is 62.0 Å². The number of halogens is 3. The highest BCUT2D eigenvalue weighted by atomic mass is 19.4. The summed E-state index contributed by atoms with van der Waals surface area (Å²) in [5.74, 6) is 0.322. The Hall–Kier alpha value is -1.80. The van der Waals surface area contributed by atoms with Gasteiger partial charge in [-0.25, -0.2) is 0 Å². The SMILES string of the molecule is COc1ccc2c(c1)CCCN2C(=O)CN(CCCO)CC(F)(F)F. The minimum atomic E-state index is -4.39. The van der Waals surface area contributed by atoms with Crippen molar-refractivity contribution in [3.8, 4) is 5.75 Å². The number of aliphatic hydroxyl groups excluding tert-OH is 1. The molecule has 0 aromatic heterocycles. The van der Waals surface area contributed by atoms with E-state index in [2.05, 4.69) is 0 Å². The van der Waals surface area contributed by atoms with Crippen LogP contribution in [0.1, 0.15) is 18.4 Å². The van der Waals surface area contributed by atoms with E-state index in [0.717, 1.165) is 29.0 Å². The van der Waals surface area contributed by atoms with Crippen molar-refractivity contribution in [2.75, 3.05) is 44.8 Å². The van der Waals surface area contributed by atoms with Gasteiger partial charge in [0.05, 0.1) is 20.2 Å². The Morgan fingerprint density at radius 3 is 2.80 bits per heavy atom. The van der Waals surface area contributed by atoms with Crippen molar-refractivity contribution >= 4 is 11.6 Å². The third-order valence-electron chi connectivity index (χ3n) is 4.10. The fourth-order valence-corrected chi connectivity index (χ4v) is 3.00. The number of benzene rings is 1. The van der Waals surface area contributed by atoms with Crippen LogP contribution in [0.25, 0.3) is 0 Å². The summed E-state index contributed by atoms with van der Waals surface area (Å²) in [6.45, 7) is -1.20. The zero-order valence-electron chi connectivity index (χ0n) is 14.2. The molecule has 1 heterocycles. The van der Waals surface area contributed by atoms with Crippen LogP contribution in [0.3, 0.4) is 0 Å². The summed E-state index contributed by atoms with van der Waals surface area (Å²) in [6, 6.07) is 5.37. The van der Waals surface area contributed by atoms with Gasteiger partial charge in [0.25, 0.3) is 0 Å². The van der Waals surface area contributed by atoms with Crippen LogP contribution in [0.15, 0.2) is 18.2 Å². The van der Waals surface area contributed by atoms with E-state index in [1.165, 1.54) is 0 Å². The van der Waals surface area contributed by atoms with Crippen LogP contribution in [0.2, 0.25) is 0 Å². The Kier molecular flexibility index (Phi) is 6.66. The summed E-state index contributed by atoms with van der Waals surface area (Å²) in [5.41, 5.74) is 1.68. The van der Waals surface area contributed by atoms with Crippen LogP contribution < -0.4 is 9.64 Å². The molecule has 140 valence electrons. The largest absolute Gasteiger partial charge is 0.497 e. The van der Waals surface area contributed by atoms with Crippen LogP contribution in [0.5, 0.6) is 5.75 Å². The van der Waals surface area contributed by atoms with Gasteiger partial charge in [0.1, 0.15) is 5.75 Å². The molecule has 1 N–H and O–H groups in total. The first-order chi connectivity index (χ1) is 11.8. The molecular formula is C17H23F3N2O3. The molecule has 0 radical (unpaired) electrons. The van der Waals surface area contributed by atoms with Gasteiger partial charge >= 0.3 is 6.18 Å². The van der Waals surface area contributed by atoms with Gasteiger partial charge in [0.2, 0.25) is 5.91 Å². The number of ether oxygens (including phenoxy) is 1. The number of aliphatic hydroxyl groups is 1. The van der Waals surface area contributed by atoms with Crippen molar-refractivity contribution in [2.24, 2.45) is 0 Å². The predicted molar refractivity (Wildman–Crippen MR) is 87.9 cm³/mol. The summed E-state index contributed by atoms with van der Waals surface area (Å²) >= 11 is 0. The number of hydrogen-bond donors (Lipinski definition) is 1. The second kappa shape index (κ2) is 8.53. The Morgan fingerprint density at radius 2 is 2.16 bits per heavy atom. The van der Waals surface area contributed by atoms with Crippen LogP contribution in [-0.2, 0) is 11.2 Å². The molecule has 25 heavy (non-hydrogen) atoms. The molecule has 1 aliphatic rings. The topological polar surface area (TPSA) is 53.0 Å². The Morgan fingerprint density at radius 1 is 1.40 bits per heavy atom. The average molecular weight is 360 g/mol. The molecule has 1 aromatic carbocycles. The minimum absolute atomic E-state index is 0.0189. The van der Waals surface area contributed by atoms with E-state index < -0.39 is 12.7 Å². The zero-order chi connectivity index (χ0) is 18.4. The van der Waals surface area contributed by atoms with Gasteiger partial charge in [0.15, 0.2) is 0 Å². The first-order valence-corrected chi connectivity index (χ1v) is 8.21. The number of alkyl halides is 3. The number of carbonyl (C=O) groups is 1. The summed E-state index contributed by atoms with van der Waals surface area (Å²) in [4.78, 5) is 15.2. The molecule has 2 rings (SSSR count). The van der Waals surface area contributed by atoms with E-state index in [9.17, 15) is 18.0 Å². The van der Waals surface area contributed by atoms with Gasteiger partial charge in [-0.15, -0.1) is 0 Å². The first kappa shape index (κ1) is 19.5. The molecule has 0 saturated carbocycles. The number of nitrogens with zero attached hydrogens (tertiary/aromatic N) is 2. The van der Waals surface area contributed by atoms with Gasteiger partial charge in [-0.2, -0.15) is 13.2 Å². The first-order valence-electron chi connectivity index (χ1n) is 8.21. The number of amides is 1. The highest BCUT2D eigenvalue weighted by molar-refractivity contribution is 5.96. The molecule has 0 bridgehead atoms. The van der Waals surface area contributed by atoms with Gasteiger partial charge in [-0.3, -0.25) is 9.69 Å². The molecule has 0 saturated heterocycles. The molecule has 0 unspecified atom stereocenters. The molecule has 0 fully saturated rings. The lowest BCUT2D eigenvalue weighted by molar-refractivity contribution is -0.148. The number of hydrogen-bond acceptors (Lipinski definition) is 4. The van der Waals surface area contributed by atoms with Gasteiger partial charge in [0, 0.05) is 25.4 Å². The van der Waals surface area contributed by atoms with E-state index in [1.54, 1.807) is 24.1 Å². The number of aryl methyl sites for hydroxylation is 1. The number of rotatable bonds is 7. The van der Waals surface area contributed by atoms with E-state index in [0.29, 0.717) is 12.3 Å². The van der Waals surface area contributed by atoms with Crippen molar-refractivity contribution in [1.29, 1.82) is 0 Å². The van der Waals surface area contributed by atoms with Gasteiger partial charge in [-0.05, 0) is 43.0 Å². The molecule has 1 aromatic rings. The highest BCUT2D eigenvalue weighted by Crippen LogP contribution is 2.30. The third kappa shape index (κ3) is 5.61. The second-order valence-corrected chi connectivity index (χ2v) is 6.05. The number of methoxy groups -OCH3 is 1. The van der Waals surface area contributed by atoms with Crippen LogP contribution in [0.4, 0.5) is 18.9 Å². The lowest BCUT2D eigenvalue weighted by Gasteiger charge is -2.32. The molecule has 0 aliphatic carbocycles. The summed E-state index contributed by atoms with van der Waals surface area (Å²) in [5, 5.41) is 8.86. The summed E-state index contributed by atoms with van der Waals surface area (Å²) in [6.07, 6.45) is -2.64. The predicted octanol–water partition coefficient (Wildman–Crippen LogP) is 2.22. The Bertz CT molecular complexity index is 593. The van der Waals surface area contributed by atoms with E-state index in [1.807, 2.05) is 6.07 Å². The third-order valence-corrected chi connectivity index (χ3v) is 4.10. The van der Waals surface area contributed by atoms with Crippen molar-refractivity contribution in [1.82, 2.24) is 4.90 Å². The Balaban J connectivity index is 2.11. The Labute approximate surface area is 145 Å². The molecule has 5 nitrogen and oxygen atoms in total. The normalized spacial score (nSPS) is 14.6. The maximum Gasteiger partial charge on any atom is 0.401 e. The lowest BCUT2D eigenvalue weighted by atomic mass is 10.0. The molecule has 8 heteroatoms. The maximum absolute atomic E-state index is 12.7. The molecule has 1 amide bonds. The summed E-state index contributed by atoms with van der Waals surface area (Å²) in [7, 11) is 1.56. The smallest absolute Gasteiger partial charge is 0.401 e. The monoisotopic (exact) mass is 360 g/mol. The maximum atomic E-state index is 12.7. The number of anilines is 1. The fraction of sp³-hybridized carbons (Fsp3) is 0.588. The molecule has 0 atom stereocenters. The fourth-order valence-electron chi connectivity index (χ4n) is 3.00. The number of fused-ring (bicyclic) bond motifs is 1. The minimum Gasteiger partial charge on any atom is -0.497 e. The van der Waals surface area contributed by atoms with E-state index >= 15 is 0 Å². The average Bonchev–Trinajstić information content (AvgIpc) is 2.57. The molecule has 0 spiro atoms. The van der Waals surface area contributed by atoms with Gasteiger partial charge < -0.3 is 14.7 Å². The van der Waals surface area contributed by atoms with Crippen molar-refractivity contribution < 1.29 is 27.8 Å². The quantitative estimate of drug-likeness (QED) is 0.810. The zero-order valence-corrected chi connectivity index (χ0v) is 14.2. The van der Waals surface area contributed by atoms with Crippen molar-refractivity contribution in [3.63, 3.8) is 0 Å². The van der Waals surface area contributed by atoms with Crippen LogP contribution in [0, 0.1) is 0 Å². The molecular weight excluding hydrogens is 337 g/mol. The van der Waals surface area contributed by atoms with E-state index in [4.69, 9.17) is 9.84 Å².